The molecule has 11 heteroatoms. The zero-order valence-electron chi connectivity index (χ0n) is 21.6. The minimum Gasteiger partial charge on any atom is -0.352 e. The number of carbonyl (C=O) groups excluding carboxylic acids is 3. The van der Waals surface area contributed by atoms with Crippen LogP contribution in [0.5, 0.6) is 0 Å². The van der Waals surface area contributed by atoms with Gasteiger partial charge in [0.15, 0.2) is 0 Å². The van der Waals surface area contributed by atoms with E-state index in [1.54, 1.807) is 27.7 Å². The van der Waals surface area contributed by atoms with Crippen molar-refractivity contribution < 1.29 is 23.2 Å². The normalized spacial score (nSPS) is 15.7. The summed E-state index contributed by atoms with van der Waals surface area (Å²) in [5, 5.41) is 5.67. The number of imidazole rings is 1. The predicted octanol–water partition coefficient (Wildman–Crippen LogP) is 5.24. The molecule has 4 rings (SSSR count). The number of anilines is 1. The van der Waals surface area contributed by atoms with Crippen LogP contribution in [0.15, 0.2) is 43.0 Å². The Morgan fingerprint density at radius 3 is 2.63 bits per heavy atom. The number of hydrogen-bond donors (Lipinski definition) is 2. The highest BCUT2D eigenvalue weighted by molar-refractivity contribution is 7.14. The van der Waals surface area contributed by atoms with Gasteiger partial charge in [-0.1, -0.05) is 27.4 Å². The number of amides is 3. The van der Waals surface area contributed by atoms with Crippen molar-refractivity contribution in [1.82, 2.24) is 19.8 Å². The van der Waals surface area contributed by atoms with E-state index in [0.29, 0.717) is 36.2 Å². The number of rotatable bonds is 8. The molecule has 3 heterocycles. The van der Waals surface area contributed by atoms with Gasteiger partial charge in [-0.15, -0.1) is 11.3 Å². The highest BCUT2D eigenvalue weighted by Crippen LogP contribution is 2.29. The lowest BCUT2D eigenvalue weighted by molar-refractivity contribution is -0.126. The SMILES string of the molecule is C=CC(=O)N1CCC[C@H]1Cn1c(NC(=O)c2ccc(C(F)F)s2)nc2cc(C(=O)NCC(C)(C)C)ccc21. The Hall–Kier alpha value is -3.60. The molecule has 0 spiro atoms. The molecule has 2 aromatic heterocycles. The Balaban J connectivity index is 1.67. The number of alkyl halides is 2. The standard InChI is InChI=1S/C27H31F2N5O3S/c1-5-22(35)33-12-6-7-17(33)14-34-19-9-8-16(24(36)30-15-27(2,3)4)13-18(19)31-26(34)32-25(37)21-11-10-20(38-21)23(28)29/h5,8-11,13,17,23H,1,6-7,12,14-15H2,2-4H3,(H,30,36)(H,31,32,37)/t17-/m0/s1. The summed E-state index contributed by atoms with van der Waals surface area (Å²) in [6.45, 7) is 11.1. The van der Waals surface area contributed by atoms with E-state index in [0.717, 1.165) is 24.2 Å². The number of halogens is 2. The van der Waals surface area contributed by atoms with E-state index in [4.69, 9.17) is 0 Å². The summed E-state index contributed by atoms with van der Waals surface area (Å²) in [5.74, 6) is -0.758. The molecule has 0 aliphatic carbocycles. The van der Waals surface area contributed by atoms with E-state index in [1.807, 2.05) is 20.8 Å². The fraction of sp³-hybridized carbons (Fsp3) is 0.407. The monoisotopic (exact) mass is 543 g/mol. The molecule has 8 nitrogen and oxygen atoms in total. The first-order chi connectivity index (χ1) is 18.0. The maximum atomic E-state index is 13.0. The lowest BCUT2D eigenvalue weighted by Crippen LogP contribution is -2.37. The summed E-state index contributed by atoms with van der Waals surface area (Å²) < 4.78 is 27.9. The third-order valence-corrected chi connectivity index (χ3v) is 7.40. The molecule has 2 N–H and O–H groups in total. The van der Waals surface area contributed by atoms with Crippen LogP contribution in [0.2, 0.25) is 0 Å². The molecule has 1 aromatic carbocycles. The predicted molar refractivity (Wildman–Crippen MR) is 144 cm³/mol. The van der Waals surface area contributed by atoms with E-state index in [-0.39, 0.29) is 39.0 Å². The second-order valence-corrected chi connectivity index (χ2v) is 11.6. The summed E-state index contributed by atoms with van der Waals surface area (Å²) in [6, 6.07) is 7.55. The molecule has 0 unspecified atom stereocenters. The molecule has 202 valence electrons. The molecule has 3 amide bonds. The zero-order chi connectivity index (χ0) is 27.6. The van der Waals surface area contributed by atoms with Crippen LogP contribution in [-0.2, 0) is 11.3 Å². The van der Waals surface area contributed by atoms with Crippen molar-refractivity contribution in [2.24, 2.45) is 5.41 Å². The maximum Gasteiger partial charge on any atom is 0.272 e. The first kappa shape index (κ1) is 27.4. The average molecular weight is 544 g/mol. The summed E-state index contributed by atoms with van der Waals surface area (Å²) in [6.07, 6.45) is 0.224. The van der Waals surface area contributed by atoms with Gasteiger partial charge in [-0.25, -0.2) is 13.8 Å². The lowest BCUT2D eigenvalue weighted by Gasteiger charge is -2.24. The van der Waals surface area contributed by atoms with Gasteiger partial charge in [0.05, 0.1) is 26.8 Å². The van der Waals surface area contributed by atoms with Crippen LogP contribution < -0.4 is 10.6 Å². The van der Waals surface area contributed by atoms with Gasteiger partial charge in [-0.3, -0.25) is 19.7 Å². The number of hydrogen-bond acceptors (Lipinski definition) is 5. The molecule has 0 bridgehead atoms. The minimum atomic E-state index is -2.66. The number of nitrogens with one attached hydrogen (secondary N) is 2. The number of nitrogens with zero attached hydrogens (tertiary/aromatic N) is 3. The molecule has 1 saturated heterocycles. The largest absolute Gasteiger partial charge is 0.352 e. The first-order valence-corrected chi connectivity index (χ1v) is 13.2. The van der Waals surface area contributed by atoms with Crippen molar-refractivity contribution in [2.45, 2.75) is 52.6 Å². The summed E-state index contributed by atoms with van der Waals surface area (Å²) >= 11 is 0.719. The molecule has 1 aliphatic heterocycles. The molecule has 3 aromatic rings. The molecular formula is C27H31F2N5O3S. The second-order valence-electron chi connectivity index (χ2n) is 10.5. The average Bonchev–Trinajstić information content (AvgIpc) is 3.61. The van der Waals surface area contributed by atoms with Crippen molar-refractivity contribution in [3.05, 3.63) is 58.3 Å². The fourth-order valence-electron chi connectivity index (χ4n) is 4.40. The van der Waals surface area contributed by atoms with Gasteiger partial charge in [-0.05, 0) is 54.7 Å². The second kappa shape index (κ2) is 11.0. The van der Waals surface area contributed by atoms with Crippen LogP contribution >= 0.6 is 11.3 Å². The van der Waals surface area contributed by atoms with Gasteiger partial charge in [-0.2, -0.15) is 0 Å². The van der Waals surface area contributed by atoms with Gasteiger partial charge in [0.25, 0.3) is 18.2 Å². The number of thiophene rings is 1. The van der Waals surface area contributed by atoms with Gasteiger partial charge in [0.1, 0.15) is 0 Å². The topological polar surface area (TPSA) is 96.3 Å². The van der Waals surface area contributed by atoms with Crippen LogP contribution in [0.4, 0.5) is 14.7 Å². The maximum absolute atomic E-state index is 13.0. The lowest BCUT2D eigenvalue weighted by atomic mass is 9.97. The Labute approximate surface area is 223 Å². The van der Waals surface area contributed by atoms with E-state index in [1.165, 1.54) is 18.2 Å². The Morgan fingerprint density at radius 1 is 1.21 bits per heavy atom. The van der Waals surface area contributed by atoms with E-state index in [9.17, 15) is 23.2 Å². The summed E-state index contributed by atoms with van der Waals surface area (Å²) in [4.78, 5) is 44.3. The van der Waals surface area contributed by atoms with Crippen LogP contribution in [0.3, 0.4) is 0 Å². The highest BCUT2D eigenvalue weighted by atomic mass is 32.1. The molecule has 1 fully saturated rings. The fourth-order valence-corrected chi connectivity index (χ4v) is 5.16. The third kappa shape index (κ3) is 6.09. The van der Waals surface area contributed by atoms with Crippen LogP contribution in [-0.4, -0.2) is 51.3 Å². The molecule has 1 atom stereocenters. The van der Waals surface area contributed by atoms with Crippen molar-refractivity contribution in [3.8, 4) is 0 Å². The van der Waals surface area contributed by atoms with Gasteiger partial charge in [0, 0.05) is 25.2 Å². The number of fused-ring (bicyclic) bond motifs is 1. The van der Waals surface area contributed by atoms with Gasteiger partial charge in [0.2, 0.25) is 11.9 Å². The van der Waals surface area contributed by atoms with E-state index in [2.05, 4.69) is 22.2 Å². The molecule has 0 radical (unpaired) electrons. The Kier molecular flexibility index (Phi) is 7.96. The zero-order valence-corrected chi connectivity index (χ0v) is 22.4. The van der Waals surface area contributed by atoms with Gasteiger partial charge < -0.3 is 14.8 Å². The van der Waals surface area contributed by atoms with Crippen LogP contribution in [0, 0.1) is 5.41 Å². The van der Waals surface area contributed by atoms with Crippen molar-refractivity contribution >= 4 is 46.0 Å². The molecule has 38 heavy (non-hydrogen) atoms. The molecule has 0 saturated carbocycles. The Morgan fingerprint density at radius 2 is 1.97 bits per heavy atom. The third-order valence-electron chi connectivity index (χ3n) is 6.31. The molecule has 1 aliphatic rings. The van der Waals surface area contributed by atoms with Crippen LogP contribution in [0.25, 0.3) is 11.0 Å². The van der Waals surface area contributed by atoms with E-state index < -0.39 is 12.3 Å². The van der Waals surface area contributed by atoms with E-state index >= 15 is 0 Å². The highest BCUT2D eigenvalue weighted by Gasteiger charge is 2.29. The summed E-state index contributed by atoms with van der Waals surface area (Å²) in [7, 11) is 0. The molecular weight excluding hydrogens is 512 g/mol. The number of carbonyl (C=O) groups is 3. The summed E-state index contributed by atoms with van der Waals surface area (Å²) in [5.41, 5.74) is 1.50. The number of likely N-dealkylation sites (tertiary alicyclic amines) is 1. The minimum absolute atomic E-state index is 0.0825. The number of aromatic nitrogens is 2. The quantitative estimate of drug-likeness (QED) is 0.380. The van der Waals surface area contributed by atoms with Crippen molar-refractivity contribution in [3.63, 3.8) is 0 Å². The first-order valence-electron chi connectivity index (χ1n) is 12.4. The van der Waals surface area contributed by atoms with Crippen molar-refractivity contribution in [2.75, 3.05) is 18.4 Å². The van der Waals surface area contributed by atoms with Gasteiger partial charge >= 0.3 is 0 Å². The number of benzene rings is 1. The Bertz CT molecular complexity index is 1370. The van der Waals surface area contributed by atoms with Crippen molar-refractivity contribution in [1.29, 1.82) is 0 Å². The smallest absolute Gasteiger partial charge is 0.272 e. The van der Waals surface area contributed by atoms with Crippen LogP contribution in [0.1, 0.15) is 64.9 Å².